The van der Waals surface area contributed by atoms with Gasteiger partial charge < -0.3 is 12.9 Å². The Kier molecular flexibility index (Phi) is 3.41. The van der Waals surface area contributed by atoms with Gasteiger partial charge in [0.2, 0.25) is 5.89 Å². The molecule has 0 aliphatic rings. The zero-order valence-electron chi connectivity index (χ0n) is 9.98. The van der Waals surface area contributed by atoms with E-state index in [-0.39, 0.29) is 0 Å². The number of ether oxygens (including phenoxy) is 1. The third kappa shape index (κ3) is 2.31. The summed E-state index contributed by atoms with van der Waals surface area (Å²) in [4.78, 5) is 4.35. The first-order chi connectivity index (χ1) is 8.15. The van der Waals surface area contributed by atoms with E-state index in [9.17, 15) is 0 Å². The van der Waals surface area contributed by atoms with E-state index in [1.165, 1.54) is 0 Å². The molecule has 1 aromatic heterocycles. The molecule has 4 nitrogen and oxygen atoms in total. The van der Waals surface area contributed by atoms with Crippen molar-refractivity contribution >= 4 is 16.6 Å². The second-order valence-electron chi connectivity index (χ2n) is 3.64. The zero-order chi connectivity index (χ0) is 12.4. The second-order valence-corrected chi connectivity index (χ2v) is 3.88. The van der Waals surface area contributed by atoms with Crippen molar-refractivity contribution in [1.82, 2.24) is 4.98 Å². The van der Waals surface area contributed by atoms with Crippen molar-refractivity contribution in [2.24, 2.45) is 0 Å². The summed E-state index contributed by atoms with van der Waals surface area (Å²) in [6, 6.07) is 5.48. The average Bonchev–Trinajstić information content (AvgIpc) is 2.68. The van der Waals surface area contributed by atoms with Gasteiger partial charge in [-0.25, -0.2) is 4.98 Å². The minimum Gasteiger partial charge on any atom is -0.653 e. The summed E-state index contributed by atoms with van der Waals surface area (Å²) >= 11 is 2.22. The normalized spacial score (nSPS) is 10.3. The quantitative estimate of drug-likeness (QED) is 0.779. The van der Waals surface area contributed by atoms with E-state index in [2.05, 4.69) is 21.6 Å². The van der Waals surface area contributed by atoms with Crippen molar-refractivity contribution in [2.45, 2.75) is 13.8 Å². The molecule has 2 rings (SSSR count). The molecule has 86 valence electrons. The van der Waals surface area contributed by atoms with Gasteiger partial charge in [-0.1, -0.05) is 0 Å². The zero-order valence-corrected chi connectivity index (χ0v) is 11.1. The largest absolute Gasteiger partial charge is 0.653 e. The van der Waals surface area contributed by atoms with Gasteiger partial charge >= 0.3 is 16.6 Å². The van der Waals surface area contributed by atoms with Crippen LogP contribution in [-0.4, -0.2) is 28.7 Å². The fourth-order valence-electron chi connectivity index (χ4n) is 1.49. The number of aromatic nitrogens is 1. The molecule has 0 fully saturated rings. The molecule has 17 heavy (non-hydrogen) atoms. The van der Waals surface area contributed by atoms with E-state index in [4.69, 9.17) is 12.9 Å². The third-order valence-corrected chi connectivity index (χ3v) is 2.83. The van der Waals surface area contributed by atoms with E-state index >= 15 is 0 Å². The number of hydrogen-bond donors (Lipinski definition) is 0. The highest BCUT2D eigenvalue weighted by Crippen LogP contribution is 2.33. The first-order valence-corrected chi connectivity index (χ1v) is 5.62. The molecule has 2 aromatic rings. The molecule has 0 atom stereocenters. The number of methoxy groups -OCH3 is 1. The van der Waals surface area contributed by atoms with Crippen LogP contribution in [0.4, 0.5) is 0 Å². The van der Waals surface area contributed by atoms with Crippen LogP contribution in [0.25, 0.3) is 11.5 Å². The van der Waals surface area contributed by atoms with Crippen molar-refractivity contribution in [3.8, 4) is 23.0 Å². The summed E-state index contributed by atoms with van der Waals surface area (Å²) in [5.41, 5.74) is 1.65. The molecule has 1 heterocycles. The lowest BCUT2D eigenvalue weighted by atomic mass is 10.2. The van der Waals surface area contributed by atoms with Gasteiger partial charge in [-0.15, -0.1) is 0 Å². The Labute approximate surface area is 108 Å². The molecule has 0 unspecified atom stereocenters. The average molecular weight is 245 g/mol. The van der Waals surface area contributed by atoms with Gasteiger partial charge in [-0.3, -0.25) is 0 Å². The van der Waals surface area contributed by atoms with Crippen molar-refractivity contribution in [1.29, 1.82) is 0 Å². The Balaban J connectivity index is 2.55. The number of aryl methyl sites for hydroxylation is 2. The topological polar surface area (TPSA) is 44.5 Å². The Morgan fingerprint density at radius 2 is 2.06 bits per heavy atom. The van der Waals surface area contributed by atoms with Crippen molar-refractivity contribution in [3.63, 3.8) is 0 Å². The highest BCUT2D eigenvalue weighted by atomic mass is 27.1. The number of rotatable bonds is 3. The maximum absolute atomic E-state index is 5.59. The number of nitrogens with zero attached hydrogens (tertiary/aromatic N) is 1. The van der Waals surface area contributed by atoms with Gasteiger partial charge in [-0.2, -0.15) is 0 Å². The highest BCUT2D eigenvalue weighted by Gasteiger charge is 2.13. The van der Waals surface area contributed by atoms with Crippen LogP contribution in [0, 0.1) is 13.8 Å². The molecule has 0 N–H and O–H groups in total. The summed E-state index contributed by atoms with van der Waals surface area (Å²) in [6.07, 6.45) is 0. The van der Waals surface area contributed by atoms with Gasteiger partial charge in [-0.05, 0) is 32.0 Å². The van der Waals surface area contributed by atoms with E-state index in [0.29, 0.717) is 11.6 Å². The minimum atomic E-state index is 0.538. The Morgan fingerprint density at radius 3 is 2.59 bits per heavy atom. The first kappa shape index (κ1) is 12.0. The van der Waals surface area contributed by atoms with E-state index in [1.54, 1.807) is 7.11 Å². The third-order valence-electron chi connectivity index (χ3n) is 2.57. The molecule has 1 aromatic carbocycles. The molecule has 0 aliphatic carbocycles. The molecule has 0 aliphatic heterocycles. The highest BCUT2D eigenvalue weighted by molar-refractivity contribution is 6.00. The predicted octanol–water partition coefficient (Wildman–Crippen LogP) is 2.43. The van der Waals surface area contributed by atoms with Gasteiger partial charge in [0.1, 0.15) is 11.5 Å². The summed E-state index contributed by atoms with van der Waals surface area (Å²) < 4.78 is 16.0. The summed E-state index contributed by atoms with van der Waals surface area (Å²) in [5.74, 6) is 2.75. The second kappa shape index (κ2) is 4.82. The fourth-order valence-corrected chi connectivity index (χ4v) is 1.70. The molecule has 0 amide bonds. The van der Waals surface area contributed by atoms with Crippen LogP contribution in [0.5, 0.6) is 11.5 Å². The molecular weight excluding hydrogens is 233 g/mol. The van der Waals surface area contributed by atoms with Crippen molar-refractivity contribution in [3.05, 3.63) is 29.7 Å². The minimum absolute atomic E-state index is 0.538. The molecule has 0 spiro atoms. The van der Waals surface area contributed by atoms with Crippen LogP contribution in [-0.2, 0) is 0 Å². The first-order valence-electron chi connectivity index (χ1n) is 5.15. The van der Waals surface area contributed by atoms with Crippen molar-refractivity contribution < 1.29 is 12.9 Å². The maximum atomic E-state index is 5.59. The molecule has 5 heteroatoms. The number of hydrogen-bond acceptors (Lipinski definition) is 4. The monoisotopic (exact) mass is 245 g/mol. The summed E-state index contributed by atoms with van der Waals surface area (Å²) in [5, 5.41) is 0. The van der Waals surface area contributed by atoms with Crippen LogP contribution in [0.3, 0.4) is 0 Å². The molecule has 2 radical (unpaired) electrons. The van der Waals surface area contributed by atoms with Gasteiger partial charge in [0.15, 0.2) is 0 Å². The molecule has 0 saturated carbocycles. The van der Waals surface area contributed by atoms with Crippen molar-refractivity contribution in [2.75, 3.05) is 7.11 Å². The summed E-state index contributed by atoms with van der Waals surface area (Å²) in [6.45, 7) is 3.79. The lowest BCUT2D eigenvalue weighted by Crippen LogP contribution is -1.91. The lowest BCUT2D eigenvalue weighted by Gasteiger charge is -2.09. The molecule has 0 saturated heterocycles. The van der Waals surface area contributed by atoms with Gasteiger partial charge in [0.25, 0.3) is 0 Å². The summed E-state index contributed by atoms with van der Waals surface area (Å²) in [7, 11) is 1.62. The predicted molar refractivity (Wildman–Crippen MR) is 64.3 cm³/mol. The smallest absolute Gasteiger partial charge is 0.482 e. The maximum Gasteiger partial charge on any atom is 0.482 e. The molecular formula is C12H12AlNO3. The van der Waals surface area contributed by atoms with Gasteiger partial charge in [0, 0.05) is 0 Å². The van der Waals surface area contributed by atoms with Crippen LogP contribution in [0.15, 0.2) is 22.6 Å². The van der Waals surface area contributed by atoms with Crippen LogP contribution >= 0.6 is 0 Å². The van der Waals surface area contributed by atoms with Crippen LogP contribution in [0.2, 0.25) is 0 Å². The number of benzene rings is 1. The Hall–Kier alpha value is -1.44. The van der Waals surface area contributed by atoms with E-state index in [1.807, 2.05) is 32.0 Å². The standard InChI is InChI=1S/C12H13NO3.Al/c1-7-8(2)16-12(13-7)10-6-9(15-3)4-5-11(10)14;/h4-6,14H,1-3H3;/q;+1/p-1. The van der Waals surface area contributed by atoms with Crippen LogP contribution in [0.1, 0.15) is 11.5 Å². The van der Waals surface area contributed by atoms with Crippen LogP contribution < -0.4 is 8.53 Å². The fraction of sp³-hybridized carbons (Fsp3) is 0.250. The Bertz CT molecular complexity index is 517. The Morgan fingerprint density at radius 1 is 1.29 bits per heavy atom. The van der Waals surface area contributed by atoms with E-state index < -0.39 is 0 Å². The van der Waals surface area contributed by atoms with E-state index in [0.717, 1.165) is 22.8 Å². The molecule has 0 bridgehead atoms. The number of oxazole rings is 1. The lowest BCUT2D eigenvalue weighted by molar-refractivity contribution is 0.414. The SMILES string of the molecule is COc1ccc([O][Al])c(-c2nc(C)c(C)o2)c1. The van der Waals surface area contributed by atoms with Gasteiger partial charge in [0.05, 0.1) is 24.1 Å².